The highest BCUT2D eigenvalue weighted by Gasteiger charge is 2.02. The fraction of sp³-hybridized carbons (Fsp3) is 0.0588. The van der Waals surface area contributed by atoms with Crippen LogP contribution in [0.25, 0.3) is 0 Å². The number of benzene rings is 2. The van der Waals surface area contributed by atoms with E-state index in [9.17, 15) is 9.59 Å². The van der Waals surface area contributed by atoms with Crippen molar-refractivity contribution < 1.29 is 19.4 Å². The van der Waals surface area contributed by atoms with Crippen molar-refractivity contribution in [1.29, 1.82) is 0 Å². The fourth-order valence-corrected chi connectivity index (χ4v) is 1.74. The molecule has 5 heteroatoms. The Balaban J connectivity index is 2.00. The highest BCUT2D eigenvalue weighted by atomic mass is 16.5. The van der Waals surface area contributed by atoms with Gasteiger partial charge in [-0.25, -0.2) is 4.79 Å². The van der Waals surface area contributed by atoms with E-state index in [-0.39, 0.29) is 0 Å². The van der Waals surface area contributed by atoms with Gasteiger partial charge in [0.25, 0.3) is 0 Å². The first kappa shape index (κ1) is 15.3. The summed E-state index contributed by atoms with van der Waals surface area (Å²) in [5.74, 6) is -0.260. The van der Waals surface area contributed by atoms with E-state index in [0.29, 0.717) is 11.4 Å². The average Bonchev–Trinajstić information content (AvgIpc) is 2.49. The zero-order chi connectivity index (χ0) is 15.9. The van der Waals surface area contributed by atoms with Crippen molar-refractivity contribution in [2.75, 3.05) is 5.32 Å². The highest BCUT2D eigenvalue weighted by Crippen LogP contribution is 2.25. The lowest BCUT2D eigenvalue weighted by Crippen LogP contribution is -2.08. The first-order valence-corrected chi connectivity index (χ1v) is 6.60. The monoisotopic (exact) mass is 297 g/mol. The van der Waals surface area contributed by atoms with E-state index in [4.69, 9.17) is 9.84 Å². The minimum atomic E-state index is -1.17. The molecule has 0 atom stereocenters. The molecule has 1 amide bonds. The number of carbonyl (C=O) groups excluding carboxylic acids is 1. The van der Waals surface area contributed by atoms with E-state index in [0.717, 1.165) is 23.5 Å². The number of rotatable bonds is 5. The number of carbonyl (C=O) groups is 2. The van der Waals surface area contributed by atoms with E-state index in [1.165, 1.54) is 0 Å². The van der Waals surface area contributed by atoms with Crippen molar-refractivity contribution in [1.82, 2.24) is 0 Å². The van der Waals surface area contributed by atoms with Crippen molar-refractivity contribution in [3.63, 3.8) is 0 Å². The number of aliphatic carboxylic acids is 1. The van der Waals surface area contributed by atoms with Crippen LogP contribution >= 0.6 is 0 Å². The topological polar surface area (TPSA) is 75.6 Å². The van der Waals surface area contributed by atoms with Gasteiger partial charge in [-0.2, -0.15) is 0 Å². The van der Waals surface area contributed by atoms with Crippen LogP contribution in [0.2, 0.25) is 0 Å². The van der Waals surface area contributed by atoms with Gasteiger partial charge in [-0.15, -0.1) is 0 Å². The zero-order valence-corrected chi connectivity index (χ0v) is 11.9. The van der Waals surface area contributed by atoms with Gasteiger partial charge in [0.15, 0.2) is 0 Å². The van der Waals surface area contributed by atoms with Gasteiger partial charge in [0.1, 0.15) is 11.5 Å². The van der Waals surface area contributed by atoms with Crippen LogP contribution in [0.3, 0.4) is 0 Å². The molecule has 0 aliphatic rings. The lowest BCUT2D eigenvalue weighted by molar-refractivity contribution is -0.131. The van der Waals surface area contributed by atoms with Gasteiger partial charge >= 0.3 is 5.97 Å². The van der Waals surface area contributed by atoms with Gasteiger partial charge < -0.3 is 15.2 Å². The summed E-state index contributed by atoms with van der Waals surface area (Å²) in [6, 6.07) is 14.5. The van der Waals surface area contributed by atoms with Crippen LogP contribution in [0, 0.1) is 6.92 Å². The minimum absolute atomic E-state index is 0.505. The van der Waals surface area contributed by atoms with Gasteiger partial charge in [0, 0.05) is 17.8 Å². The van der Waals surface area contributed by atoms with Crippen molar-refractivity contribution in [2.24, 2.45) is 0 Å². The van der Waals surface area contributed by atoms with Gasteiger partial charge in [0.05, 0.1) is 0 Å². The van der Waals surface area contributed by atoms with Crippen molar-refractivity contribution in [3.8, 4) is 11.5 Å². The number of ether oxygens (including phenoxy) is 1. The molecule has 0 aromatic heterocycles. The number of nitrogens with one attached hydrogen (secondary N) is 1. The first-order chi connectivity index (χ1) is 10.5. The molecule has 5 nitrogen and oxygen atoms in total. The highest BCUT2D eigenvalue weighted by molar-refractivity contribution is 6.02. The molecule has 0 bridgehead atoms. The normalized spacial score (nSPS) is 10.4. The number of hydrogen-bond donors (Lipinski definition) is 2. The molecule has 2 rings (SSSR count). The molecule has 112 valence electrons. The average molecular weight is 297 g/mol. The lowest BCUT2D eigenvalue weighted by Gasteiger charge is -2.09. The molecule has 2 N–H and O–H groups in total. The molecule has 0 aliphatic carbocycles. The maximum Gasteiger partial charge on any atom is 0.328 e. The minimum Gasteiger partial charge on any atom is -0.478 e. The van der Waals surface area contributed by atoms with E-state index < -0.39 is 11.9 Å². The van der Waals surface area contributed by atoms with Gasteiger partial charge in [-0.1, -0.05) is 18.2 Å². The molecule has 0 aliphatic heterocycles. The number of anilines is 1. The van der Waals surface area contributed by atoms with Crippen molar-refractivity contribution >= 4 is 17.6 Å². The summed E-state index contributed by atoms with van der Waals surface area (Å²) in [7, 11) is 0. The van der Waals surface area contributed by atoms with Crippen LogP contribution in [-0.4, -0.2) is 17.0 Å². The number of amides is 1. The molecule has 2 aromatic carbocycles. The predicted octanol–water partition coefficient (Wildman–Crippen LogP) is 3.37. The second kappa shape index (κ2) is 7.08. The van der Waals surface area contributed by atoms with Crippen LogP contribution in [0.1, 0.15) is 5.56 Å². The number of para-hydroxylation sites is 1. The number of hydrogen-bond acceptors (Lipinski definition) is 3. The quantitative estimate of drug-likeness (QED) is 0.830. The smallest absolute Gasteiger partial charge is 0.328 e. The van der Waals surface area contributed by atoms with Gasteiger partial charge in [-0.05, 0) is 42.8 Å². The standard InChI is InChI=1S/C17H15NO4/c1-12-4-2-3-5-15(12)22-14-8-6-13(7-9-14)18-16(19)10-11-17(20)21/h2-11H,1H3,(H,18,19)(H,20,21)/b11-10-. The summed E-state index contributed by atoms with van der Waals surface area (Å²) >= 11 is 0. The van der Waals surface area contributed by atoms with Crippen LogP contribution in [0.4, 0.5) is 5.69 Å². The zero-order valence-electron chi connectivity index (χ0n) is 11.9. The maximum absolute atomic E-state index is 11.4. The Labute approximate surface area is 127 Å². The first-order valence-electron chi connectivity index (χ1n) is 6.60. The van der Waals surface area contributed by atoms with Gasteiger partial charge in [-0.3, -0.25) is 4.79 Å². The Morgan fingerprint density at radius 3 is 2.36 bits per heavy atom. The molecular weight excluding hydrogens is 282 g/mol. The third kappa shape index (κ3) is 4.49. The van der Waals surface area contributed by atoms with E-state index in [1.807, 2.05) is 31.2 Å². The molecule has 0 radical (unpaired) electrons. The predicted molar refractivity (Wildman–Crippen MR) is 83.1 cm³/mol. The third-order valence-electron chi connectivity index (χ3n) is 2.82. The Hall–Kier alpha value is -3.08. The number of carboxylic acids is 1. The summed E-state index contributed by atoms with van der Waals surface area (Å²) in [6.07, 6.45) is 1.74. The second-order valence-corrected chi connectivity index (χ2v) is 4.55. The third-order valence-corrected chi connectivity index (χ3v) is 2.82. The molecule has 0 unspecified atom stereocenters. The summed E-state index contributed by atoms with van der Waals surface area (Å²) in [5, 5.41) is 11.0. The van der Waals surface area contributed by atoms with E-state index >= 15 is 0 Å². The fourth-order valence-electron chi connectivity index (χ4n) is 1.74. The van der Waals surface area contributed by atoms with Crippen molar-refractivity contribution in [3.05, 3.63) is 66.2 Å². The summed E-state index contributed by atoms with van der Waals surface area (Å²) in [5.41, 5.74) is 1.58. The SMILES string of the molecule is Cc1ccccc1Oc1ccc(NC(=O)/C=C\C(=O)O)cc1. The van der Waals surface area contributed by atoms with Crippen molar-refractivity contribution in [2.45, 2.75) is 6.92 Å². The Morgan fingerprint density at radius 2 is 1.73 bits per heavy atom. The Bertz CT molecular complexity index is 705. The van der Waals surface area contributed by atoms with E-state index in [2.05, 4.69) is 5.32 Å². The number of aryl methyl sites for hydroxylation is 1. The number of carboxylic acid groups (broad SMARTS) is 1. The molecule has 0 saturated heterocycles. The second-order valence-electron chi connectivity index (χ2n) is 4.55. The molecule has 0 heterocycles. The van der Waals surface area contributed by atoms with Crippen LogP contribution in [0.15, 0.2) is 60.7 Å². The molecule has 2 aromatic rings. The van der Waals surface area contributed by atoms with Crippen LogP contribution < -0.4 is 10.1 Å². The van der Waals surface area contributed by atoms with E-state index in [1.54, 1.807) is 24.3 Å². The molecule has 0 saturated carbocycles. The lowest BCUT2D eigenvalue weighted by atomic mass is 10.2. The van der Waals surface area contributed by atoms with Crippen LogP contribution in [0.5, 0.6) is 11.5 Å². The molecule has 0 fully saturated rings. The maximum atomic E-state index is 11.4. The van der Waals surface area contributed by atoms with Gasteiger partial charge in [0.2, 0.25) is 5.91 Å². The Morgan fingerprint density at radius 1 is 1.05 bits per heavy atom. The molecular formula is C17H15NO4. The van der Waals surface area contributed by atoms with Crippen LogP contribution in [-0.2, 0) is 9.59 Å². The molecule has 0 spiro atoms. The molecule has 22 heavy (non-hydrogen) atoms. The largest absolute Gasteiger partial charge is 0.478 e. The summed E-state index contributed by atoms with van der Waals surface area (Å²) < 4.78 is 5.74. The summed E-state index contributed by atoms with van der Waals surface area (Å²) in [4.78, 5) is 21.8. The summed E-state index contributed by atoms with van der Waals surface area (Å²) in [6.45, 7) is 1.96. The Kier molecular flexibility index (Phi) is 4.93.